The van der Waals surface area contributed by atoms with Crippen LogP contribution in [0.25, 0.3) is 5.69 Å². The largest absolute Gasteiger partial charge is 0.388 e. The van der Waals surface area contributed by atoms with E-state index in [1.807, 2.05) is 0 Å². The summed E-state index contributed by atoms with van der Waals surface area (Å²) in [7, 11) is 0. The zero-order valence-corrected chi connectivity index (χ0v) is 10.5. The van der Waals surface area contributed by atoms with Crippen LogP contribution in [0.5, 0.6) is 0 Å². The van der Waals surface area contributed by atoms with E-state index in [0.29, 0.717) is 29.7 Å². The maximum Gasteiger partial charge on any atom is 0.158 e. The first-order valence-electron chi connectivity index (χ1n) is 5.92. The second-order valence-corrected chi connectivity index (χ2v) is 4.56. The third kappa shape index (κ3) is 2.56. The van der Waals surface area contributed by atoms with E-state index in [-0.39, 0.29) is 12.4 Å². The van der Waals surface area contributed by atoms with Crippen LogP contribution in [-0.4, -0.2) is 19.9 Å². The third-order valence-corrected chi connectivity index (χ3v) is 2.53. The second-order valence-electron chi connectivity index (χ2n) is 4.56. The molecule has 1 aromatic carbocycles. The SMILES string of the molecule is CC(C)Cc1nc(CO)n(-c2ccccc2F)n1. The molecule has 0 aliphatic heterocycles. The molecule has 1 heterocycles. The maximum atomic E-state index is 13.7. The van der Waals surface area contributed by atoms with Crippen molar-refractivity contribution in [1.29, 1.82) is 0 Å². The molecule has 2 aromatic rings. The van der Waals surface area contributed by atoms with Crippen molar-refractivity contribution in [3.05, 3.63) is 41.7 Å². The van der Waals surface area contributed by atoms with Gasteiger partial charge in [0.2, 0.25) is 0 Å². The summed E-state index contributed by atoms with van der Waals surface area (Å²) in [5, 5.41) is 13.5. The molecular formula is C13H16FN3O. The molecule has 4 nitrogen and oxygen atoms in total. The molecule has 0 unspecified atom stereocenters. The molecule has 0 spiro atoms. The van der Waals surface area contributed by atoms with Crippen LogP contribution in [0.3, 0.4) is 0 Å². The topological polar surface area (TPSA) is 50.9 Å². The Labute approximate surface area is 105 Å². The van der Waals surface area contributed by atoms with Crippen molar-refractivity contribution in [2.75, 3.05) is 0 Å². The summed E-state index contributed by atoms with van der Waals surface area (Å²) in [5.41, 5.74) is 0.309. The number of rotatable bonds is 4. The Balaban J connectivity index is 2.44. The van der Waals surface area contributed by atoms with Crippen LogP contribution < -0.4 is 0 Å². The fourth-order valence-electron chi connectivity index (χ4n) is 1.76. The average molecular weight is 249 g/mol. The molecule has 0 amide bonds. The van der Waals surface area contributed by atoms with E-state index in [9.17, 15) is 9.50 Å². The smallest absolute Gasteiger partial charge is 0.158 e. The molecule has 0 saturated heterocycles. The quantitative estimate of drug-likeness (QED) is 0.902. The highest BCUT2D eigenvalue weighted by molar-refractivity contribution is 5.33. The van der Waals surface area contributed by atoms with Crippen LogP contribution in [0, 0.1) is 11.7 Å². The number of halogens is 1. The first kappa shape index (κ1) is 12.7. The summed E-state index contributed by atoms with van der Waals surface area (Å²) in [6.45, 7) is 3.85. The fraction of sp³-hybridized carbons (Fsp3) is 0.385. The Hall–Kier alpha value is -1.75. The summed E-state index contributed by atoms with van der Waals surface area (Å²) < 4.78 is 15.1. The molecule has 0 fully saturated rings. The Morgan fingerprint density at radius 2 is 2.06 bits per heavy atom. The van der Waals surface area contributed by atoms with Crippen molar-refractivity contribution in [2.24, 2.45) is 5.92 Å². The lowest BCUT2D eigenvalue weighted by molar-refractivity contribution is 0.267. The number of nitrogens with zero attached hydrogens (tertiary/aromatic N) is 3. The Bertz CT molecular complexity index is 537. The number of aliphatic hydroxyl groups excluding tert-OH is 1. The number of para-hydroxylation sites is 1. The number of aliphatic hydroxyl groups is 1. The summed E-state index contributed by atoms with van der Waals surface area (Å²) in [6, 6.07) is 6.31. The molecule has 2 rings (SSSR count). The fourth-order valence-corrected chi connectivity index (χ4v) is 1.76. The molecule has 96 valence electrons. The lowest BCUT2D eigenvalue weighted by Gasteiger charge is -2.04. The highest BCUT2D eigenvalue weighted by Crippen LogP contribution is 2.15. The van der Waals surface area contributed by atoms with Gasteiger partial charge in [-0.25, -0.2) is 14.1 Å². The summed E-state index contributed by atoms with van der Waals surface area (Å²) in [4.78, 5) is 4.22. The van der Waals surface area contributed by atoms with Gasteiger partial charge in [0.15, 0.2) is 11.6 Å². The molecule has 0 aliphatic rings. The van der Waals surface area contributed by atoms with Crippen molar-refractivity contribution in [3.8, 4) is 5.69 Å². The first-order valence-corrected chi connectivity index (χ1v) is 5.92. The standard InChI is InChI=1S/C13H16FN3O/c1-9(2)7-12-15-13(8-18)17(16-12)11-6-4-3-5-10(11)14/h3-6,9,18H,7-8H2,1-2H3. The van der Waals surface area contributed by atoms with Gasteiger partial charge in [-0.1, -0.05) is 26.0 Å². The Morgan fingerprint density at radius 1 is 1.33 bits per heavy atom. The maximum absolute atomic E-state index is 13.7. The predicted molar refractivity (Wildman–Crippen MR) is 65.8 cm³/mol. The van der Waals surface area contributed by atoms with Gasteiger partial charge in [0.25, 0.3) is 0 Å². The van der Waals surface area contributed by atoms with Crippen LogP contribution in [0.15, 0.2) is 24.3 Å². The lowest BCUT2D eigenvalue weighted by Crippen LogP contribution is -2.05. The van der Waals surface area contributed by atoms with E-state index in [1.54, 1.807) is 18.2 Å². The van der Waals surface area contributed by atoms with E-state index < -0.39 is 0 Å². The predicted octanol–water partition coefficient (Wildman–Crippen LogP) is 2.10. The molecule has 18 heavy (non-hydrogen) atoms. The summed E-state index contributed by atoms with van der Waals surface area (Å²) in [5.74, 6) is 1.01. The van der Waals surface area contributed by atoms with Gasteiger partial charge in [-0.05, 0) is 18.1 Å². The van der Waals surface area contributed by atoms with Crippen LogP contribution in [-0.2, 0) is 13.0 Å². The minimum absolute atomic E-state index is 0.264. The molecule has 1 aromatic heterocycles. The zero-order valence-electron chi connectivity index (χ0n) is 10.5. The number of benzene rings is 1. The zero-order chi connectivity index (χ0) is 13.1. The minimum Gasteiger partial charge on any atom is -0.388 e. The number of hydrogen-bond donors (Lipinski definition) is 1. The first-order chi connectivity index (χ1) is 8.61. The van der Waals surface area contributed by atoms with Gasteiger partial charge in [0, 0.05) is 6.42 Å². The molecule has 0 radical (unpaired) electrons. The van der Waals surface area contributed by atoms with Crippen LogP contribution >= 0.6 is 0 Å². The lowest BCUT2D eigenvalue weighted by atomic mass is 10.1. The average Bonchev–Trinajstić information content (AvgIpc) is 2.71. The van der Waals surface area contributed by atoms with Gasteiger partial charge in [-0.3, -0.25) is 0 Å². The van der Waals surface area contributed by atoms with Gasteiger partial charge < -0.3 is 5.11 Å². The minimum atomic E-state index is -0.381. The highest BCUT2D eigenvalue weighted by atomic mass is 19.1. The van der Waals surface area contributed by atoms with E-state index in [0.717, 1.165) is 0 Å². The summed E-state index contributed by atoms with van der Waals surface area (Å²) in [6.07, 6.45) is 0.703. The molecule has 5 heteroatoms. The molecule has 1 N–H and O–H groups in total. The molecular weight excluding hydrogens is 233 g/mol. The normalized spacial score (nSPS) is 11.2. The summed E-state index contributed by atoms with van der Waals surface area (Å²) >= 11 is 0. The van der Waals surface area contributed by atoms with E-state index in [4.69, 9.17) is 0 Å². The monoisotopic (exact) mass is 249 g/mol. The number of aromatic nitrogens is 3. The van der Waals surface area contributed by atoms with Gasteiger partial charge in [-0.15, -0.1) is 0 Å². The Kier molecular flexibility index (Phi) is 3.72. The van der Waals surface area contributed by atoms with E-state index in [1.165, 1.54) is 10.7 Å². The third-order valence-electron chi connectivity index (χ3n) is 2.53. The molecule has 0 aliphatic carbocycles. The van der Waals surface area contributed by atoms with Crippen LogP contribution in [0.2, 0.25) is 0 Å². The van der Waals surface area contributed by atoms with Gasteiger partial charge >= 0.3 is 0 Å². The van der Waals surface area contributed by atoms with Crippen molar-refractivity contribution in [2.45, 2.75) is 26.9 Å². The Morgan fingerprint density at radius 3 is 2.67 bits per heavy atom. The van der Waals surface area contributed by atoms with Gasteiger partial charge in [0.1, 0.15) is 18.1 Å². The van der Waals surface area contributed by atoms with Gasteiger partial charge in [-0.2, -0.15) is 5.10 Å². The van der Waals surface area contributed by atoms with Crippen molar-refractivity contribution in [3.63, 3.8) is 0 Å². The molecule has 0 bridgehead atoms. The van der Waals surface area contributed by atoms with E-state index in [2.05, 4.69) is 23.9 Å². The second kappa shape index (κ2) is 5.27. The molecule has 0 saturated carbocycles. The highest BCUT2D eigenvalue weighted by Gasteiger charge is 2.14. The van der Waals surface area contributed by atoms with Crippen molar-refractivity contribution < 1.29 is 9.50 Å². The van der Waals surface area contributed by atoms with Crippen molar-refractivity contribution in [1.82, 2.24) is 14.8 Å². The molecule has 0 atom stereocenters. The van der Waals surface area contributed by atoms with Crippen molar-refractivity contribution >= 4 is 0 Å². The van der Waals surface area contributed by atoms with E-state index >= 15 is 0 Å². The van der Waals surface area contributed by atoms with Crippen LogP contribution in [0.4, 0.5) is 4.39 Å². The number of hydrogen-bond acceptors (Lipinski definition) is 3. The van der Waals surface area contributed by atoms with Gasteiger partial charge in [0.05, 0.1) is 0 Å². The van der Waals surface area contributed by atoms with Crippen LogP contribution in [0.1, 0.15) is 25.5 Å².